The Labute approximate surface area is 86.5 Å². The van der Waals surface area contributed by atoms with Gasteiger partial charge in [-0.15, -0.1) is 0 Å². The highest BCUT2D eigenvalue weighted by Gasteiger charge is 2.05. The zero-order chi connectivity index (χ0) is 11.3. The number of methoxy groups -OCH3 is 1. The van der Waals surface area contributed by atoms with E-state index in [4.69, 9.17) is 0 Å². The van der Waals surface area contributed by atoms with Crippen molar-refractivity contribution in [2.24, 2.45) is 0 Å². The summed E-state index contributed by atoms with van der Waals surface area (Å²) in [5.41, 5.74) is 0. The summed E-state index contributed by atoms with van der Waals surface area (Å²) in [4.78, 5) is 21.8. The van der Waals surface area contributed by atoms with Crippen molar-refractivity contribution in [3.05, 3.63) is 24.9 Å². The van der Waals surface area contributed by atoms with Crippen LogP contribution in [0.25, 0.3) is 0 Å². The molecule has 0 saturated carbocycles. The second kappa shape index (κ2) is 4.94. The Kier molecular flexibility index (Phi) is 3.61. The van der Waals surface area contributed by atoms with Crippen LogP contribution in [0.2, 0.25) is 0 Å². The number of ether oxygens (including phenoxy) is 1. The predicted molar refractivity (Wildman–Crippen MR) is 53.1 cm³/mol. The van der Waals surface area contributed by atoms with Crippen LogP contribution in [0.15, 0.2) is 24.9 Å². The highest BCUT2D eigenvalue weighted by Crippen LogP contribution is 2.02. The Hall–Kier alpha value is -2.11. The molecule has 1 amide bonds. The van der Waals surface area contributed by atoms with E-state index in [1.165, 1.54) is 11.8 Å². The minimum Gasteiger partial charge on any atom is -0.468 e. The van der Waals surface area contributed by atoms with Crippen molar-refractivity contribution in [2.75, 3.05) is 12.4 Å². The molecule has 15 heavy (non-hydrogen) atoms. The van der Waals surface area contributed by atoms with Gasteiger partial charge in [0.25, 0.3) is 0 Å². The van der Waals surface area contributed by atoms with Gasteiger partial charge in [-0.25, -0.2) is 0 Å². The first-order valence-electron chi connectivity index (χ1n) is 4.19. The lowest BCUT2D eigenvalue weighted by atomic mass is 10.5. The van der Waals surface area contributed by atoms with Gasteiger partial charge in [-0.2, -0.15) is 5.10 Å². The van der Waals surface area contributed by atoms with E-state index in [0.717, 1.165) is 6.08 Å². The molecule has 0 saturated heterocycles. The third-order valence-electron chi connectivity index (χ3n) is 1.60. The fourth-order valence-corrected chi connectivity index (χ4v) is 0.890. The molecule has 1 aromatic rings. The van der Waals surface area contributed by atoms with E-state index in [9.17, 15) is 9.59 Å². The van der Waals surface area contributed by atoms with Gasteiger partial charge in [-0.3, -0.25) is 14.3 Å². The van der Waals surface area contributed by atoms with Gasteiger partial charge in [0.15, 0.2) is 5.82 Å². The molecule has 0 aliphatic heterocycles. The number of hydrogen-bond acceptors (Lipinski definition) is 4. The molecule has 80 valence electrons. The molecule has 0 radical (unpaired) electrons. The molecule has 1 rings (SSSR count). The van der Waals surface area contributed by atoms with Crippen LogP contribution >= 0.6 is 0 Å². The largest absolute Gasteiger partial charge is 0.468 e. The van der Waals surface area contributed by atoms with E-state index in [0.29, 0.717) is 5.82 Å². The number of amides is 1. The monoisotopic (exact) mass is 209 g/mol. The lowest BCUT2D eigenvalue weighted by molar-refractivity contribution is -0.141. The molecule has 0 aliphatic carbocycles. The Morgan fingerprint density at radius 1 is 1.73 bits per heavy atom. The summed E-state index contributed by atoms with van der Waals surface area (Å²) in [5, 5.41) is 6.38. The van der Waals surface area contributed by atoms with Crippen molar-refractivity contribution >= 4 is 17.7 Å². The van der Waals surface area contributed by atoms with Gasteiger partial charge in [0.05, 0.1) is 7.11 Å². The molecular weight excluding hydrogens is 198 g/mol. The maximum Gasteiger partial charge on any atom is 0.327 e. The predicted octanol–water partition coefficient (Wildman–Crippen LogP) is 0.181. The molecule has 0 aliphatic rings. The van der Waals surface area contributed by atoms with Crippen molar-refractivity contribution in [3.8, 4) is 0 Å². The number of aromatic nitrogens is 2. The van der Waals surface area contributed by atoms with Gasteiger partial charge in [-0.05, 0) is 6.08 Å². The first-order valence-corrected chi connectivity index (χ1v) is 4.19. The van der Waals surface area contributed by atoms with Gasteiger partial charge in [-0.1, -0.05) is 6.58 Å². The SMILES string of the molecule is C=CC(=O)Nc1ccn(CC(=O)OC)n1. The summed E-state index contributed by atoms with van der Waals surface area (Å²) in [7, 11) is 1.30. The number of carbonyl (C=O) groups excluding carboxylic acids is 2. The number of esters is 1. The Morgan fingerprint density at radius 2 is 2.47 bits per heavy atom. The van der Waals surface area contributed by atoms with Gasteiger partial charge in [0, 0.05) is 12.3 Å². The third kappa shape index (κ3) is 3.26. The molecule has 0 unspecified atom stereocenters. The van der Waals surface area contributed by atoms with Crippen molar-refractivity contribution in [1.29, 1.82) is 0 Å². The highest BCUT2D eigenvalue weighted by molar-refractivity contribution is 5.98. The quantitative estimate of drug-likeness (QED) is 0.567. The van der Waals surface area contributed by atoms with Crippen LogP contribution in [-0.4, -0.2) is 28.8 Å². The fraction of sp³-hybridized carbons (Fsp3) is 0.222. The van der Waals surface area contributed by atoms with Gasteiger partial charge >= 0.3 is 5.97 Å². The summed E-state index contributed by atoms with van der Waals surface area (Å²) < 4.78 is 5.83. The minimum absolute atomic E-state index is 0.0143. The van der Waals surface area contributed by atoms with E-state index in [1.807, 2.05) is 0 Å². The first kappa shape index (κ1) is 11.0. The van der Waals surface area contributed by atoms with Crippen LogP contribution in [0.4, 0.5) is 5.82 Å². The van der Waals surface area contributed by atoms with E-state index >= 15 is 0 Å². The van der Waals surface area contributed by atoms with Crippen LogP contribution in [-0.2, 0) is 20.9 Å². The standard InChI is InChI=1S/C9H11N3O3/c1-3-8(13)10-7-4-5-12(11-7)6-9(14)15-2/h3-5H,1,6H2,2H3,(H,10,11,13). The Morgan fingerprint density at radius 3 is 3.07 bits per heavy atom. The minimum atomic E-state index is -0.403. The maximum absolute atomic E-state index is 10.9. The Balaban J connectivity index is 2.60. The molecule has 6 heteroatoms. The molecule has 0 spiro atoms. The first-order chi connectivity index (χ1) is 7.15. The third-order valence-corrected chi connectivity index (χ3v) is 1.60. The summed E-state index contributed by atoms with van der Waals surface area (Å²) in [5.74, 6) is -0.387. The van der Waals surface area contributed by atoms with Crippen LogP contribution in [0.5, 0.6) is 0 Å². The summed E-state index contributed by atoms with van der Waals surface area (Å²) >= 11 is 0. The summed E-state index contributed by atoms with van der Waals surface area (Å²) in [6.07, 6.45) is 2.70. The molecule has 6 nitrogen and oxygen atoms in total. The van der Waals surface area contributed by atoms with Crippen LogP contribution < -0.4 is 5.32 Å². The molecule has 0 fully saturated rings. The zero-order valence-electron chi connectivity index (χ0n) is 8.27. The van der Waals surface area contributed by atoms with Gasteiger partial charge in [0.2, 0.25) is 5.91 Å². The van der Waals surface area contributed by atoms with E-state index in [2.05, 4.69) is 21.7 Å². The molecular formula is C9H11N3O3. The van der Waals surface area contributed by atoms with Gasteiger partial charge < -0.3 is 10.1 Å². The summed E-state index contributed by atoms with van der Waals surface area (Å²) in [6.45, 7) is 3.32. The average molecular weight is 209 g/mol. The maximum atomic E-state index is 10.9. The lowest BCUT2D eigenvalue weighted by Gasteiger charge is -1.99. The second-order valence-electron chi connectivity index (χ2n) is 2.67. The molecule has 0 aromatic carbocycles. The van der Waals surface area contributed by atoms with E-state index in [1.54, 1.807) is 12.3 Å². The lowest BCUT2D eigenvalue weighted by Crippen LogP contribution is -2.13. The topological polar surface area (TPSA) is 73.2 Å². The summed E-state index contributed by atoms with van der Waals surface area (Å²) in [6, 6.07) is 1.57. The number of hydrogen-bond donors (Lipinski definition) is 1. The van der Waals surface area contributed by atoms with Crippen molar-refractivity contribution in [3.63, 3.8) is 0 Å². The fourth-order valence-electron chi connectivity index (χ4n) is 0.890. The van der Waals surface area contributed by atoms with Crippen LogP contribution in [0, 0.1) is 0 Å². The second-order valence-corrected chi connectivity index (χ2v) is 2.67. The number of rotatable bonds is 4. The normalized spacial score (nSPS) is 9.40. The molecule has 0 bridgehead atoms. The molecule has 0 atom stereocenters. The van der Waals surface area contributed by atoms with Crippen LogP contribution in [0.1, 0.15) is 0 Å². The number of nitrogens with zero attached hydrogens (tertiary/aromatic N) is 2. The average Bonchev–Trinajstić information content (AvgIpc) is 2.65. The molecule has 1 aromatic heterocycles. The van der Waals surface area contributed by atoms with Crippen molar-refractivity contribution < 1.29 is 14.3 Å². The molecule has 1 heterocycles. The van der Waals surface area contributed by atoms with E-state index < -0.39 is 5.97 Å². The highest BCUT2D eigenvalue weighted by atomic mass is 16.5. The van der Waals surface area contributed by atoms with Gasteiger partial charge in [0.1, 0.15) is 6.54 Å². The number of anilines is 1. The van der Waals surface area contributed by atoms with Crippen LogP contribution in [0.3, 0.4) is 0 Å². The zero-order valence-corrected chi connectivity index (χ0v) is 8.27. The van der Waals surface area contributed by atoms with Crippen molar-refractivity contribution in [2.45, 2.75) is 6.54 Å². The van der Waals surface area contributed by atoms with Crippen molar-refractivity contribution in [1.82, 2.24) is 9.78 Å². The number of nitrogens with one attached hydrogen (secondary N) is 1. The molecule has 1 N–H and O–H groups in total. The Bertz CT molecular complexity index is 384. The van der Waals surface area contributed by atoms with E-state index in [-0.39, 0.29) is 12.5 Å². The smallest absolute Gasteiger partial charge is 0.327 e. The number of carbonyl (C=O) groups is 2.